The standard InChI is InChI=1S/C25H32O4/c1-5-6-14(2)16-7-8-18-17-9-10-20-24(3,4)28-21-12-22(27)29-25(20,21)13-15(17)11-19(26)23(16)18/h5-6,11,14,16,20-21,26H,7-10,12-13H2,1-4H3/b6-5+/t14-,16-,20+,21-,25-/m1/s1. The minimum Gasteiger partial charge on any atom is -0.508 e. The largest absolute Gasteiger partial charge is 0.508 e. The third-order valence-corrected chi connectivity index (χ3v) is 8.10. The molecule has 1 N–H and O–H groups in total. The lowest BCUT2D eigenvalue weighted by Gasteiger charge is -2.34. The molecule has 0 aromatic heterocycles. The molecule has 1 spiro atoms. The van der Waals surface area contributed by atoms with Crippen LogP contribution >= 0.6 is 0 Å². The Kier molecular flexibility index (Phi) is 4.19. The first-order chi connectivity index (χ1) is 13.8. The first kappa shape index (κ1) is 19.2. The van der Waals surface area contributed by atoms with Crippen molar-refractivity contribution in [2.75, 3.05) is 0 Å². The Morgan fingerprint density at radius 2 is 2.00 bits per heavy atom. The van der Waals surface area contributed by atoms with Crippen LogP contribution in [0.4, 0.5) is 0 Å². The van der Waals surface area contributed by atoms with E-state index in [4.69, 9.17) is 9.47 Å². The van der Waals surface area contributed by atoms with E-state index in [0.29, 0.717) is 30.4 Å². The van der Waals surface area contributed by atoms with Crippen molar-refractivity contribution in [2.45, 2.75) is 89.4 Å². The van der Waals surface area contributed by atoms with Gasteiger partial charge in [-0.3, -0.25) is 4.79 Å². The van der Waals surface area contributed by atoms with Gasteiger partial charge in [-0.1, -0.05) is 19.1 Å². The highest BCUT2D eigenvalue weighted by atomic mass is 16.6. The maximum absolute atomic E-state index is 12.2. The zero-order chi connectivity index (χ0) is 20.6. The summed E-state index contributed by atoms with van der Waals surface area (Å²) in [6.07, 6.45) is 9.21. The number of phenols is 1. The van der Waals surface area contributed by atoms with Crippen molar-refractivity contribution < 1.29 is 19.4 Å². The van der Waals surface area contributed by atoms with Gasteiger partial charge in [0.15, 0.2) is 0 Å². The average Bonchev–Trinajstić information content (AvgIpc) is 3.20. The molecule has 0 bridgehead atoms. The summed E-state index contributed by atoms with van der Waals surface area (Å²) in [5.74, 6) is 1.25. The summed E-state index contributed by atoms with van der Waals surface area (Å²) in [5.41, 5.74) is 4.19. The maximum Gasteiger partial charge on any atom is 0.309 e. The zero-order valence-corrected chi connectivity index (χ0v) is 18.0. The number of aromatic hydroxyl groups is 1. The fraction of sp³-hybridized carbons (Fsp3) is 0.640. The maximum atomic E-state index is 12.2. The quantitative estimate of drug-likeness (QED) is 0.586. The van der Waals surface area contributed by atoms with Crippen LogP contribution in [0.5, 0.6) is 5.75 Å². The van der Waals surface area contributed by atoms with Gasteiger partial charge in [-0.05, 0) is 81.0 Å². The summed E-state index contributed by atoms with van der Waals surface area (Å²) < 4.78 is 12.4. The summed E-state index contributed by atoms with van der Waals surface area (Å²) in [4.78, 5) is 12.2. The number of phenolic OH excluding ortho intramolecular Hbond substituents is 1. The molecule has 0 radical (unpaired) electrons. The molecule has 0 amide bonds. The second kappa shape index (κ2) is 6.34. The van der Waals surface area contributed by atoms with Gasteiger partial charge in [-0.15, -0.1) is 0 Å². The second-order valence-electron chi connectivity index (χ2n) is 10.1. The molecule has 29 heavy (non-hydrogen) atoms. The Hall–Kier alpha value is -1.81. The molecule has 4 nitrogen and oxygen atoms in total. The van der Waals surface area contributed by atoms with Gasteiger partial charge in [-0.25, -0.2) is 0 Å². The molecule has 4 heteroatoms. The van der Waals surface area contributed by atoms with Crippen molar-refractivity contribution in [3.05, 3.63) is 40.5 Å². The molecular formula is C25H32O4. The zero-order valence-electron chi connectivity index (χ0n) is 18.0. The number of hydrogen-bond acceptors (Lipinski definition) is 4. The molecule has 2 heterocycles. The van der Waals surface area contributed by atoms with Crippen LogP contribution in [-0.2, 0) is 33.5 Å². The van der Waals surface area contributed by atoms with Crippen molar-refractivity contribution in [3.8, 4) is 5.75 Å². The third kappa shape index (κ3) is 2.64. The Balaban J connectivity index is 1.60. The summed E-state index contributed by atoms with van der Waals surface area (Å²) in [6.45, 7) is 8.58. The molecule has 2 saturated heterocycles. The van der Waals surface area contributed by atoms with Crippen LogP contribution in [0.25, 0.3) is 0 Å². The number of hydrogen-bond donors (Lipinski definition) is 1. The highest BCUT2D eigenvalue weighted by Crippen LogP contribution is 2.56. The number of benzene rings is 1. The lowest BCUT2D eigenvalue weighted by molar-refractivity contribution is -0.153. The molecule has 0 saturated carbocycles. The predicted octanol–water partition coefficient (Wildman–Crippen LogP) is 4.60. The Morgan fingerprint density at radius 1 is 1.24 bits per heavy atom. The molecule has 2 aliphatic heterocycles. The minimum absolute atomic E-state index is 0.149. The molecule has 1 aromatic rings. The number of allylic oxidation sites excluding steroid dienone is 2. The highest BCUT2D eigenvalue weighted by molar-refractivity contribution is 5.74. The normalized spacial score (nSPS) is 35.6. The molecule has 156 valence electrons. The van der Waals surface area contributed by atoms with Crippen molar-refractivity contribution in [1.82, 2.24) is 0 Å². The molecule has 2 aliphatic carbocycles. The van der Waals surface area contributed by atoms with E-state index in [1.54, 1.807) is 0 Å². The fourth-order valence-electron chi connectivity index (χ4n) is 6.99. The van der Waals surface area contributed by atoms with E-state index < -0.39 is 5.60 Å². The number of rotatable bonds is 2. The van der Waals surface area contributed by atoms with Gasteiger partial charge in [0.05, 0.1) is 12.0 Å². The Morgan fingerprint density at radius 3 is 2.76 bits per heavy atom. The van der Waals surface area contributed by atoms with Gasteiger partial charge in [0.2, 0.25) is 0 Å². The summed E-state index contributed by atoms with van der Waals surface area (Å²) >= 11 is 0. The second-order valence-corrected chi connectivity index (χ2v) is 10.1. The average molecular weight is 397 g/mol. The van der Waals surface area contributed by atoms with Crippen LogP contribution < -0.4 is 0 Å². The van der Waals surface area contributed by atoms with Crippen molar-refractivity contribution in [1.29, 1.82) is 0 Å². The van der Waals surface area contributed by atoms with E-state index in [2.05, 4.69) is 39.8 Å². The first-order valence-electron chi connectivity index (χ1n) is 11.2. The SMILES string of the molecule is C/C=C/[C@@H](C)[C@H]1CCc2c3c(cc(O)c21)C[C@]12OC(=O)C[C@H]1OC(C)(C)[C@@H]2CC3. The monoisotopic (exact) mass is 396 g/mol. The van der Waals surface area contributed by atoms with Crippen LogP contribution in [0.3, 0.4) is 0 Å². The van der Waals surface area contributed by atoms with Gasteiger partial charge in [-0.2, -0.15) is 0 Å². The van der Waals surface area contributed by atoms with E-state index in [-0.39, 0.29) is 23.6 Å². The topological polar surface area (TPSA) is 55.8 Å². The van der Waals surface area contributed by atoms with Crippen LogP contribution in [0.15, 0.2) is 18.2 Å². The third-order valence-electron chi connectivity index (χ3n) is 8.10. The first-order valence-corrected chi connectivity index (χ1v) is 11.2. The minimum atomic E-state index is -0.581. The number of ether oxygens (including phenoxy) is 2. The molecule has 5 rings (SSSR count). The lowest BCUT2D eigenvalue weighted by atomic mass is 9.74. The molecule has 2 fully saturated rings. The number of carbonyl (C=O) groups excluding carboxylic acids is 1. The van der Waals surface area contributed by atoms with Crippen LogP contribution in [-0.4, -0.2) is 28.4 Å². The van der Waals surface area contributed by atoms with Crippen molar-refractivity contribution in [2.24, 2.45) is 11.8 Å². The van der Waals surface area contributed by atoms with E-state index in [0.717, 1.165) is 36.8 Å². The van der Waals surface area contributed by atoms with Gasteiger partial charge in [0, 0.05) is 17.9 Å². The lowest BCUT2D eigenvalue weighted by Crippen LogP contribution is -2.46. The molecule has 0 unspecified atom stereocenters. The van der Waals surface area contributed by atoms with E-state index in [9.17, 15) is 9.90 Å². The smallest absolute Gasteiger partial charge is 0.309 e. The molecule has 4 aliphatic rings. The summed E-state index contributed by atoms with van der Waals surface area (Å²) in [5, 5.41) is 11.0. The van der Waals surface area contributed by atoms with Gasteiger partial charge >= 0.3 is 5.97 Å². The Bertz CT molecular complexity index is 899. The Labute approximate surface area is 173 Å². The van der Waals surface area contributed by atoms with Crippen LogP contribution in [0, 0.1) is 11.8 Å². The highest BCUT2D eigenvalue weighted by Gasteiger charge is 2.66. The predicted molar refractivity (Wildman–Crippen MR) is 111 cm³/mol. The van der Waals surface area contributed by atoms with Crippen molar-refractivity contribution in [3.63, 3.8) is 0 Å². The summed E-state index contributed by atoms with van der Waals surface area (Å²) in [6, 6.07) is 1.97. The van der Waals surface area contributed by atoms with E-state index in [1.165, 1.54) is 11.1 Å². The van der Waals surface area contributed by atoms with Crippen LogP contribution in [0.1, 0.15) is 75.1 Å². The van der Waals surface area contributed by atoms with Crippen molar-refractivity contribution >= 4 is 5.97 Å². The van der Waals surface area contributed by atoms with Gasteiger partial charge in [0.25, 0.3) is 0 Å². The van der Waals surface area contributed by atoms with Crippen LogP contribution in [0.2, 0.25) is 0 Å². The molecular weight excluding hydrogens is 364 g/mol. The van der Waals surface area contributed by atoms with Gasteiger partial charge < -0.3 is 14.6 Å². The van der Waals surface area contributed by atoms with Gasteiger partial charge in [0.1, 0.15) is 17.5 Å². The summed E-state index contributed by atoms with van der Waals surface area (Å²) in [7, 11) is 0. The van der Waals surface area contributed by atoms with E-state index in [1.807, 2.05) is 6.07 Å². The fourth-order valence-corrected chi connectivity index (χ4v) is 6.99. The molecule has 5 atom stereocenters. The number of carbonyl (C=O) groups is 1. The number of fused-ring (bicyclic) bond motifs is 3. The van der Waals surface area contributed by atoms with E-state index >= 15 is 0 Å². The number of esters is 1. The molecule has 1 aromatic carbocycles.